The van der Waals surface area contributed by atoms with E-state index in [1.54, 1.807) is 6.20 Å². The van der Waals surface area contributed by atoms with Crippen LogP contribution in [0.5, 0.6) is 0 Å². The summed E-state index contributed by atoms with van der Waals surface area (Å²) in [6.07, 6.45) is 3.67. The van der Waals surface area contributed by atoms with Gasteiger partial charge in [-0.3, -0.25) is 10.1 Å². The van der Waals surface area contributed by atoms with Gasteiger partial charge in [0, 0.05) is 38.4 Å². The number of aliphatic imine (C=N–C) groups is 1. The molecule has 2 N–H and O–H groups in total. The summed E-state index contributed by atoms with van der Waals surface area (Å²) >= 11 is 0. The highest BCUT2D eigenvalue weighted by Crippen LogP contribution is 2.33. The smallest absolute Gasteiger partial charge is 0.154 e. The Bertz CT molecular complexity index is 804. The predicted molar refractivity (Wildman–Crippen MR) is 102 cm³/mol. The third kappa shape index (κ3) is 3.44. The SMILES string of the molecule is CNc1c(/C(=N\Cc2cn[nH]c2)N2CCOCC2)nc2n1CCOC2(C)C. The molecule has 0 bridgehead atoms. The molecule has 0 unspecified atom stereocenters. The number of aromatic nitrogens is 4. The summed E-state index contributed by atoms with van der Waals surface area (Å²) in [6, 6.07) is 0. The molecule has 2 aromatic heterocycles. The van der Waals surface area contributed by atoms with Crippen molar-refractivity contribution in [2.24, 2.45) is 4.99 Å². The zero-order valence-corrected chi connectivity index (χ0v) is 16.2. The Balaban J connectivity index is 1.77. The number of hydrogen-bond acceptors (Lipinski definition) is 6. The van der Waals surface area contributed by atoms with Crippen molar-refractivity contribution in [2.45, 2.75) is 32.5 Å². The Morgan fingerprint density at radius 1 is 1.30 bits per heavy atom. The first kappa shape index (κ1) is 18.0. The number of imidazole rings is 1. The largest absolute Gasteiger partial charge is 0.378 e. The molecule has 9 heteroatoms. The average molecular weight is 373 g/mol. The topological polar surface area (TPSA) is 92.6 Å². The van der Waals surface area contributed by atoms with Gasteiger partial charge in [-0.25, -0.2) is 4.98 Å². The van der Waals surface area contributed by atoms with Crippen molar-refractivity contribution in [2.75, 3.05) is 45.3 Å². The van der Waals surface area contributed by atoms with Crippen molar-refractivity contribution in [3.63, 3.8) is 0 Å². The molecule has 0 radical (unpaired) electrons. The maximum atomic E-state index is 5.95. The van der Waals surface area contributed by atoms with Crippen molar-refractivity contribution in [3.8, 4) is 0 Å². The summed E-state index contributed by atoms with van der Waals surface area (Å²) in [5.41, 5.74) is 1.49. The fourth-order valence-corrected chi connectivity index (χ4v) is 3.63. The third-order valence-corrected chi connectivity index (χ3v) is 5.01. The second kappa shape index (κ2) is 7.32. The summed E-state index contributed by atoms with van der Waals surface area (Å²) < 4.78 is 13.7. The highest BCUT2D eigenvalue weighted by molar-refractivity contribution is 6.01. The molecule has 4 heterocycles. The molecule has 0 saturated carbocycles. The van der Waals surface area contributed by atoms with Gasteiger partial charge in [-0.2, -0.15) is 5.10 Å². The van der Waals surface area contributed by atoms with Gasteiger partial charge in [-0.15, -0.1) is 0 Å². The van der Waals surface area contributed by atoms with Crippen LogP contribution in [0.3, 0.4) is 0 Å². The van der Waals surface area contributed by atoms with Crippen molar-refractivity contribution in [1.29, 1.82) is 0 Å². The van der Waals surface area contributed by atoms with Crippen LogP contribution >= 0.6 is 0 Å². The summed E-state index contributed by atoms with van der Waals surface area (Å²) in [5.74, 6) is 2.80. The number of nitrogens with one attached hydrogen (secondary N) is 2. The van der Waals surface area contributed by atoms with E-state index < -0.39 is 5.60 Å². The molecular formula is C18H27N7O2. The van der Waals surface area contributed by atoms with Crippen LogP contribution in [0.15, 0.2) is 17.4 Å². The molecule has 1 fully saturated rings. The molecule has 4 rings (SSSR count). The molecule has 2 aromatic rings. The Morgan fingerprint density at radius 2 is 2.11 bits per heavy atom. The first-order chi connectivity index (χ1) is 13.1. The van der Waals surface area contributed by atoms with Gasteiger partial charge in [0.15, 0.2) is 5.84 Å². The summed E-state index contributed by atoms with van der Waals surface area (Å²) in [5, 5.41) is 10.2. The maximum Gasteiger partial charge on any atom is 0.154 e. The van der Waals surface area contributed by atoms with E-state index in [9.17, 15) is 0 Å². The van der Waals surface area contributed by atoms with Crippen molar-refractivity contribution < 1.29 is 9.47 Å². The zero-order chi connectivity index (χ0) is 18.9. The van der Waals surface area contributed by atoms with Gasteiger partial charge in [0.05, 0.1) is 32.6 Å². The minimum absolute atomic E-state index is 0.428. The van der Waals surface area contributed by atoms with Crippen LogP contribution < -0.4 is 5.32 Å². The molecule has 0 aromatic carbocycles. The fraction of sp³-hybridized carbons (Fsp3) is 0.611. The molecule has 2 aliphatic heterocycles. The molecular weight excluding hydrogens is 346 g/mol. The van der Waals surface area contributed by atoms with E-state index in [0.29, 0.717) is 26.4 Å². The van der Waals surface area contributed by atoms with Gasteiger partial charge in [-0.05, 0) is 13.8 Å². The van der Waals surface area contributed by atoms with Crippen LogP contribution in [0.2, 0.25) is 0 Å². The fourth-order valence-electron chi connectivity index (χ4n) is 3.63. The second-order valence-electron chi connectivity index (χ2n) is 7.24. The number of H-pyrrole nitrogens is 1. The Labute approximate surface area is 158 Å². The van der Waals surface area contributed by atoms with Crippen LogP contribution in [0, 0.1) is 0 Å². The number of fused-ring (bicyclic) bond motifs is 1. The molecule has 146 valence electrons. The second-order valence-corrected chi connectivity index (χ2v) is 7.24. The first-order valence-electron chi connectivity index (χ1n) is 9.38. The van der Waals surface area contributed by atoms with E-state index in [-0.39, 0.29) is 0 Å². The standard InChI is InChI=1S/C18H27N7O2/c1-18(2)17-23-14(15(19-3)25(17)6-9-27-18)16(24-4-7-26-8-5-24)20-10-13-11-21-22-12-13/h11-12,19H,4-10H2,1-3H3,(H,21,22)/b20-16+. The monoisotopic (exact) mass is 373 g/mol. The normalized spacial score (nSPS) is 19.8. The molecule has 1 saturated heterocycles. The number of hydrogen-bond donors (Lipinski definition) is 2. The highest BCUT2D eigenvalue weighted by Gasteiger charge is 2.35. The first-order valence-corrected chi connectivity index (χ1v) is 9.38. The van der Waals surface area contributed by atoms with E-state index in [0.717, 1.165) is 48.4 Å². The lowest BCUT2D eigenvalue weighted by molar-refractivity contribution is -0.0534. The van der Waals surface area contributed by atoms with E-state index in [4.69, 9.17) is 19.5 Å². The maximum absolute atomic E-state index is 5.95. The molecule has 0 amide bonds. The van der Waals surface area contributed by atoms with Crippen molar-refractivity contribution in [3.05, 3.63) is 29.5 Å². The van der Waals surface area contributed by atoms with E-state index >= 15 is 0 Å². The molecule has 2 aliphatic rings. The third-order valence-electron chi connectivity index (χ3n) is 5.01. The van der Waals surface area contributed by atoms with E-state index in [1.165, 1.54) is 0 Å². The number of rotatable bonds is 4. The van der Waals surface area contributed by atoms with Gasteiger partial charge >= 0.3 is 0 Å². The number of ether oxygens (including phenoxy) is 2. The predicted octanol–water partition coefficient (Wildman–Crippen LogP) is 1.19. The quantitative estimate of drug-likeness (QED) is 0.618. The van der Waals surface area contributed by atoms with E-state index in [2.05, 4.69) is 38.8 Å². The number of aromatic amines is 1. The molecule has 0 spiro atoms. The van der Waals surface area contributed by atoms with Crippen molar-refractivity contribution >= 4 is 11.7 Å². The van der Waals surface area contributed by atoms with Crippen LogP contribution in [0.4, 0.5) is 5.82 Å². The molecule has 9 nitrogen and oxygen atoms in total. The average Bonchev–Trinajstić information content (AvgIpc) is 3.31. The minimum Gasteiger partial charge on any atom is -0.378 e. The lowest BCUT2D eigenvalue weighted by Crippen LogP contribution is -2.41. The molecule has 0 atom stereocenters. The Kier molecular flexibility index (Phi) is 4.88. The van der Waals surface area contributed by atoms with Gasteiger partial charge in [0.2, 0.25) is 0 Å². The minimum atomic E-state index is -0.428. The highest BCUT2D eigenvalue weighted by atomic mass is 16.5. The van der Waals surface area contributed by atoms with E-state index in [1.807, 2.05) is 13.2 Å². The Hall–Kier alpha value is -2.39. The van der Waals surface area contributed by atoms with Crippen molar-refractivity contribution in [1.82, 2.24) is 24.6 Å². The van der Waals surface area contributed by atoms with Gasteiger partial charge in [0.25, 0.3) is 0 Å². The number of amidine groups is 1. The van der Waals surface area contributed by atoms with Gasteiger partial charge in [0.1, 0.15) is 22.9 Å². The lowest BCUT2D eigenvalue weighted by atomic mass is 10.1. The van der Waals surface area contributed by atoms with Crippen LogP contribution in [-0.2, 0) is 28.2 Å². The summed E-state index contributed by atoms with van der Waals surface area (Å²) in [7, 11) is 1.93. The summed E-state index contributed by atoms with van der Waals surface area (Å²) in [4.78, 5) is 12.2. The van der Waals surface area contributed by atoms with Gasteiger partial charge in [-0.1, -0.05) is 0 Å². The number of morpholine rings is 1. The number of anilines is 1. The number of nitrogens with zero attached hydrogens (tertiary/aromatic N) is 5. The lowest BCUT2D eigenvalue weighted by Gasteiger charge is -2.31. The molecule has 27 heavy (non-hydrogen) atoms. The Morgan fingerprint density at radius 3 is 2.81 bits per heavy atom. The molecule has 0 aliphatic carbocycles. The van der Waals surface area contributed by atoms with Gasteiger partial charge < -0.3 is 24.3 Å². The van der Waals surface area contributed by atoms with Crippen LogP contribution in [-0.4, -0.2) is 70.4 Å². The summed E-state index contributed by atoms with van der Waals surface area (Å²) in [6.45, 7) is 9.11. The van der Waals surface area contributed by atoms with Crippen LogP contribution in [0.25, 0.3) is 0 Å². The zero-order valence-electron chi connectivity index (χ0n) is 16.2. The van der Waals surface area contributed by atoms with Crippen LogP contribution in [0.1, 0.15) is 30.9 Å².